The van der Waals surface area contributed by atoms with E-state index in [1.807, 2.05) is 19.1 Å². The SMILES string of the molecule is Cc1ccc(Oc2cc(NC=C(C#N)C#N)cc([N+](=O)[O-])c2)cc1. The molecule has 2 rings (SSSR count). The number of nitrogens with zero attached hydrogens (tertiary/aromatic N) is 3. The molecule has 2 aromatic carbocycles. The van der Waals surface area contributed by atoms with E-state index in [0.29, 0.717) is 11.4 Å². The van der Waals surface area contributed by atoms with Gasteiger partial charge in [-0.3, -0.25) is 10.1 Å². The van der Waals surface area contributed by atoms with Crippen LogP contribution in [0.1, 0.15) is 5.56 Å². The van der Waals surface area contributed by atoms with Crippen molar-refractivity contribution in [3.8, 4) is 23.6 Å². The second-order valence-corrected chi connectivity index (χ2v) is 4.81. The largest absolute Gasteiger partial charge is 0.457 e. The first-order valence-corrected chi connectivity index (χ1v) is 6.82. The lowest BCUT2D eigenvalue weighted by molar-refractivity contribution is -0.384. The Morgan fingerprint density at radius 1 is 1.17 bits per heavy atom. The minimum Gasteiger partial charge on any atom is -0.457 e. The number of ether oxygens (including phenoxy) is 1. The van der Waals surface area contributed by atoms with E-state index in [1.165, 1.54) is 24.4 Å². The van der Waals surface area contributed by atoms with Crippen molar-refractivity contribution in [3.05, 3.63) is 69.9 Å². The second kappa shape index (κ2) is 7.43. The topological polar surface area (TPSA) is 112 Å². The molecule has 0 aliphatic heterocycles. The number of non-ortho nitro benzene ring substituents is 1. The van der Waals surface area contributed by atoms with Crippen molar-refractivity contribution < 1.29 is 9.66 Å². The predicted octanol–water partition coefficient (Wildman–Crippen LogP) is 4.04. The molecular formula is C17H12N4O3. The summed E-state index contributed by atoms with van der Waals surface area (Å²) in [7, 11) is 0. The highest BCUT2D eigenvalue weighted by Gasteiger charge is 2.11. The lowest BCUT2D eigenvalue weighted by atomic mass is 10.2. The Morgan fingerprint density at radius 2 is 1.83 bits per heavy atom. The Kier molecular flexibility index (Phi) is 5.12. The average Bonchev–Trinajstić information content (AvgIpc) is 2.57. The summed E-state index contributed by atoms with van der Waals surface area (Å²) in [5.41, 5.74) is 1.07. The van der Waals surface area contributed by atoms with Crippen molar-refractivity contribution >= 4 is 11.4 Å². The zero-order chi connectivity index (χ0) is 17.5. The Hall–Kier alpha value is -3.84. The van der Waals surface area contributed by atoms with Crippen LogP contribution in [0.4, 0.5) is 11.4 Å². The molecule has 0 saturated carbocycles. The molecule has 24 heavy (non-hydrogen) atoms. The van der Waals surface area contributed by atoms with E-state index in [1.54, 1.807) is 24.3 Å². The minimum atomic E-state index is -0.549. The van der Waals surface area contributed by atoms with E-state index in [-0.39, 0.29) is 17.0 Å². The smallest absolute Gasteiger partial charge is 0.275 e. The maximum atomic E-state index is 11.1. The number of aryl methyl sites for hydroxylation is 1. The zero-order valence-corrected chi connectivity index (χ0v) is 12.7. The van der Waals surface area contributed by atoms with Gasteiger partial charge in [0.2, 0.25) is 0 Å². The first-order chi connectivity index (χ1) is 11.5. The highest BCUT2D eigenvalue weighted by molar-refractivity contribution is 5.59. The fourth-order valence-electron chi connectivity index (χ4n) is 1.82. The number of rotatable bonds is 5. The molecular weight excluding hydrogens is 308 g/mol. The molecule has 0 heterocycles. The van der Waals surface area contributed by atoms with Crippen molar-refractivity contribution in [3.63, 3.8) is 0 Å². The molecule has 118 valence electrons. The first kappa shape index (κ1) is 16.5. The van der Waals surface area contributed by atoms with Crippen molar-refractivity contribution in [1.82, 2.24) is 0 Å². The molecule has 7 heteroatoms. The van der Waals surface area contributed by atoms with Crippen LogP contribution in [0.25, 0.3) is 0 Å². The van der Waals surface area contributed by atoms with E-state index < -0.39 is 4.92 Å². The monoisotopic (exact) mass is 320 g/mol. The second-order valence-electron chi connectivity index (χ2n) is 4.81. The Balaban J connectivity index is 2.32. The van der Waals surface area contributed by atoms with Crippen molar-refractivity contribution in [2.24, 2.45) is 0 Å². The van der Waals surface area contributed by atoms with Crippen LogP contribution >= 0.6 is 0 Å². The molecule has 0 fully saturated rings. The van der Waals surface area contributed by atoms with Gasteiger partial charge in [0.05, 0.1) is 11.0 Å². The van der Waals surface area contributed by atoms with E-state index in [2.05, 4.69) is 5.32 Å². The van der Waals surface area contributed by atoms with Crippen molar-refractivity contribution in [1.29, 1.82) is 10.5 Å². The van der Waals surface area contributed by atoms with Crippen molar-refractivity contribution in [2.45, 2.75) is 6.92 Å². The summed E-state index contributed by atoms with van der Waals surface area (Å²) < 4.78 is 5.63. The summed E-state index contributed by atoms with van der Waals surface area (Å²) >= 11 is 0. The molecule has 0 spiro atoms. The Labute approximate surface area is 138 Å². The number of nitriles is 2. The van der Waals surface area contributed by atoms with Gasteiger partial charge < -0.3 is 10.1 Å². The molecule has 0 aromatic heterocycles. The van der Waals surface area contributed by atoms with Gasteiger partial charge in [0.25, 0.3) is 5.69 Å². The summed E-state index contributed by atoms with van der Waals surface area (Å²) in [6.45, 7) is 1.94. The van der Waals surface area contributed by atoms with Gasteiger partial charge in [0.1, 0.15) is 29.2 Å². The van der Waals surface area contributed by atoms with Crippen LogP contribution in [0.3, 0.4) is 0 Å². The summed E-state index contributed by atoms with van der Waals surface area (Å²) in [5.74, 6) is 0.803. The van der Waals surface area contributed by atoms with Gasteiger partial charge in [0, 0.05) is 24.0 Å². The third-order valence-electron chi connectivity index (χ3n) is 2.98. The fraction of sp³-hybridized carbons (Fsp3) is 0.0588. The van der Waals surface area contributed by atoms with Crippen LogP contribution in [0.2, 0.25) is 0 Å². The van der Waals surface area contributed by atoms with Gasteiger partial charge in [-0.1, -0.05) is 17.7 Å². The molecule has 0 unspecified atom stereocenters. The normalized spacial score (nSPS) is 9.29. The number of hydrogen-bond acceptors (Lipinski definition) is 6. The molecule has 2 aromatic rings. The van der Waals surface area contributed by atoms with E-state index >= 15 is 0 Å². The number of hydrogen-bond donors (Lipinski definition) is 1. The van der Waals surface area contributed by atoms with Gasteiger partial charge >= 0.3 is 0 Å². The number of allylic oxidation sites excluding steroid dienone is 1. The van der Waals surface area contributed by atoms with Crippen LogP contribution in [0.5, 0.6) is 11.5 Å². The number of nitrogens with one attached hydrogen (secondary N) is 1. The molecule has 0 radical (unpaired) electrons. The lowest BCUT2D eigenvalue weighted by Crippen LogP contribution is -1.95. The minimum absolute atomic E-state index is 0.150. The number of nitro groups is 1. The highest BCUT2D eigenvalue weighted by Crippen LogP contribution is 2.30. The van der Waals surface area contributed by atoms with E-state index in [4.69, 9.17) is 15.3 Å². The van der Waals surface area contributed by atoms with Crippen LogP contribution in [0.15, 0.2) is 54.2 Å². The predicted molar refractivity (Wildman–Crippen MR) is 87.3 cm³/mol. The van der Waals surface area contributed by atoms with Crippen molar-refractivity contribution in [2.75, 3.05) is 5.32 Å². The molecule has 0 aliphatic rings. The van der Waals surface area contributed by atoms with Gasteiger partial charge in [-0.2, -0.15) is 10.5 Å². The number of benzene rings is 2. The van der Waals surface area contributed by atoms with Gasteiger partial charge in [-0.05, 0) is 19.1 Å². The quantitative estimate of drug-likeness (QED) is 0.505. The highest BCUT2D eigenvalue weighted by atomic mass is 16.6. The third kappa shape index (κ3) is 4.33. The van der Waals surface area contributed by atoms with Crippen LogP contribution in [-0.2, 0) is 0 Å². The van der Waals surface area contributed by atoms with E-state index in [0.717, 1.165) is 5.56 Å². The maximum Gasteiger partial charge on any atom is 0.275 e. The molecule has 0 atom stereocenters. The van der Waals surface area contributed by atoms with Crippen LogP contribution in [-0.4, -0.2) is 4.92 Å². The third-order valence-corrected chi connectivity index (χ3v) is 2.98. The van der Waals surface area contributed by atoms with Gasteiger partial charge in [0.15, 0.2) is 0 Å². The maximum absolute atomic E-state index is 11.1. The van der Waals surface area contributed by atoms with Gasteiger partial charge in [-0.25, -0.2) is 0 Å². The average molecular weight is 320 g/mol. The van der Waals surface area contributed by atoms with Gasteiger partial charge in [-0.15, -0.1) is 0 Å². The fourth-order valence-corrected chi connectivity index (χ4v) is 1.82. The summed E-state index contributed by atoms with van der Waals surface area (Å²) in [6, 6.07) is 14.7. The zero-order valence-electron chi connectivity index (χ0n) is 12.7. The van der Waals surface area contributed by atoms with Crippen LogP contribution < -0.4 is 10.1 Å². The van der Waals surface area contributed by atoms with Crippen LogP contribution in [0, 0.1) is 39.7 Å². The number of anilines is 1. The number of nitro benzene ring substituents is 1. The lowest BCUT2D eigenvalue weighted by Gasteiger charge is -2.08. The molecule has 0 bridgehead atoms. The van der Waals surface area contributed by atoms with E-state index in [9.17, 15) is 10.1 Å². The Bertz CT molecular complexity index is 858. The summed E-state index contributed by atoms with van der Waals surface area (Å²) in [4.78, 5) is 10.5. The standard InChI is InChI=1S/C17H12N4O3/c1-12-2-4-16(5-3-12)24-17-7-14(6-15(8-17)21(22)23)20-11-13(9-18)10-19/h2-8,11,20H,1H3. The summed E-state index contributed by atoms with van der Waals surface area (Å²) in [5, 5.41) is 31.2. The first-order valence-electron chi connectivity index (χ1n) is 6.82. The molecule has 0 aliphatic carbocycles. The summed E-state index contributed by atoms with van der Waals surface area (Å²) in [6.07, 6.45) is 1.18. The molecule has 7 nitrogen and oxygen atoms in total. The molecule has 0 saturated heterocycles. The molecule has 0 amide bonds. The molecule has 1 N–H and O–H groups in total. The Morgan fingerprint density at radius 3 is 2.42 bits per heavy atom.